The first-order valence-corrected chi connectivity index (χ1v) is 20.9. The molecule has 0 aliphatic carbocycles. The highest BCUT2D eigenvalue weighted by atomic mass is 16.5. The minimum Gasteiger partial charge on any atom is -0.508 e. The highest BCUT2D eigenvalue weighted by Gasteiger charge is 2.04. The molecule has 6 nitrogen and oxygen atoms in total. The second-order valence-electron chi connectivity index (χ2n) is 14.3. The van der Waals surface area contributed by atoms with Gasteiger partial charge in [-0.25, -0.2) is 0 Å². The Morgan fingerprint density at radius 3 is 1.05 bits per heavy atom. The van der Waals surface area contributed by atoms with Gasteiger partial charge in [0.05, 0.1) is 13.2 Å². The molecule has 4 aromatic rings. The van der Waals surface area contributed by atoms with Crippen molar-refractivity contribution in [1.82, 2.24) is 0 Å². The number of benzene rings is 4. The molecule has 6 heteroatoms. The highest BCUT2D eigenvalue weighted by Crippen LogP contribution is 2.18. The van der Waals surface area contributed by atoms with Gasteiger partial charge in [0, 0.05) is 11.1 Å². The molecule has 56 heavy (non-hydrogen) atoms. The number of carbonyl (C=O) groups is 2. The fraction of sp³-hybridized carbons (Fsp3) is 0.400. The minimum absolute atomic E-state index is 0.0531. The topological polar surface area (TPSA) is 93.1 Å². The SMILES string of the molecule is CCCCCCCCCCOc1ccc(C(=O)/C=C/c2ccc(O)cc2)cc1.CCCCCCCCCCOc1ccc(C(=O)/C=C/c2ccc(O)cc2)cc1. The van der Waals surface area contributed by atoms with Crippen molar-refractivity contribution in [3.05, 3.63) is 131 Å². The Balaban J connectivity index is 0.000000300. The number of ether oxygens (including phenoxy) is 2. The third kappa shape index (κ3) is 20.0. The zero-order valence-electron chi connectivity index (χ0n) is 33.8. The van der Waals surface area contributed by atoms with Gasteiger partial charge < -0.3 is 19.7 Å². The van der Waals surface area contributed by atoms with Gasteiger partial charge in [-0.1, -0.05) is 140 Å². The van der Waals surface area contributed by atoms with Crippen LogP contribution in [-0.2, 0) is 0 Å². The van der Waals surface area contributed by atoms with E-state index < -0.39 is 0 Å². The Hall–Kier alpha value is -5.10. The Bertz CT molecular complexity index is 1560. The molecule has 0 radical (unpaired) electrons. The van der Waals surface area contributed by atoms with E-state index in [9.17, 15) is 19.8 Å². The summed E-state index contributed by atoms with van der Waals surface area (Å²) in [5, 5.41) is 18.6. The fourth-order valence-corrected chi connectivity index (χ4v) is 5.99. The third-order valence-corrected chi connectivity index (χ3v) is 9.45. The van der Waals surface area contributed by atoms with Crippen molar-refractivity contribution in [1.29, 1.82) is 0 Å². The van der Waals surface area contributed by atoms with E-state index in [2.05, 4.69) is 13.8 Å². The molecule has 0 spiro atoms. The van der Waals surface area contributed by atoms with Gasteiger partial charge in [0.25, 0.3) is 0 Å². The van der Waals surface area contributed by atoms with E-state index in [4.69, 9.17) is 9.47 Å². The summed E-state index contributed by atoms with van der Waals surface area (Å²) in [6, 6.07) is 28.1. The lowest BCUT2D eigenvalue weighted by Gasteiger charge is -2.07. The predicted molar refractivity (Wildman–Crippen MR) is 232 cm³/mol. The summed E-state index contributed by atoms with van der Waals surface area (Å²) in [6.45, 7) is 5.94. The van der Waals surface area contributed by atoms with Crippen molar-refractivity contribution in [3.63, 3.8) is 0 Å². The second-order valence-corrected chi connectivity index (χ2v) is 14.3. The lowest BCUT2D eigenvalue weighted by molar-refractivity contribution is 0.103. The Kier molecular flexibility index (Phi) is 22.9. The van der Waals surface area contributed by atoms with Crippen molar-refractivity contribution in [2.45, 2.75) is 117 Å². The molecule has 0 fully saturated rings. The van der Waals surface area contributed by atoms with Gasteiger partial charge in [0.15, 0.2) is 11.6 Å². The molecule has 2 N–H and O–H groups in total. The Labute approximate surface area is 336 Å². The number of hydrogen-bond acceptors (Lipinski definition) is 6. The predicted octanol–water partition coefficient (Wildman–Crippen LogP) is 13.6. The molecule has 0 amide bonds. The average molecular weight is 761 g/mol. The van der Waals surface area contributed by atoms with Crippen LogP contribution < -0.4 is 9.47 Å². The van der Waals surface area contributed by atoms with Gasteiger partial charge in [0.1, 0.15) is 23.0 Å². The third-order valence-electron chi connectivity index (χ3n) is 9.45. The number of ketones is 2. The molecule has 0 aliphatic heterocycles. The van der Waals surface area contributed by atoms with E-state index in [1.165, 1.54) is 89.9 Å². The van der Waals surface area contributed by atoms with Gasteiger partial charge in [0.2, 0.25) is 0 Å². The molecule has 0 saturated heterocycles. The van der Waals surface area contributed by atoms with Crippen molar-refractivity contribution in [2.75, 3.05) is 13.2 Å². The fourth-order valence-electron chi connectivity index (χ4n) is 5.99. The van der Waals surface area contributed by atoms with Crippen molar-refractivity contribution < 1.29 is 29.3 Å². The summed E-state index contributed by atoms with van der Waals surface area (Å²) in [6.07, 6.45) is 27.1. The molecular formula is C50H64O6. The van der Waals surface area contributed by atoms with Crippen LogP contribution in [0, 0.1) is 0 Å². The Morgan fingerprint density at radius 1 is 0.429 bits per heavy atom. The highest BCUT2D eigenvalue weighted by molar-refractivity contribution is 6.07. The van der Waals surface area contributed by atoms with Gasteiger partial charge in [-0.2, -0.15) is 0 Å². The Morgan fingerprint density at radius 2 is 0.732 bits per heavy atom. The molecule has 0 aliphatic rings. The number of phenols is 2. The second kappa shape index (κ2) is 28.3. The van der Waals surface area contributed by atoms with Gasteiger partial charge in [-0.05, 0) is 109 Å². The van der Waals surface area contributed by atoms with E-state index in [0.717, 1.165) is 48.7 Å². The minimum atomic E-state index is -0.0531. The van der Waals surface area contributed by atoms with Crippen LogP contribution >= 0.6 is 0 Å². The van der Waals surface area contributed by atoms with E-state index in [1.54, 1.807) is 97.1 Å². The van der Waals surface area contributed by atoms with Crippen LogP contribution in [0.3, 0.4) is 0 Å². The maximum Gasteiger partial charge on any atom is 0.185 e. The van der Waals surface area contributed by atoms with E-state index in [0.29, 0.717) is 11.1 Å². The van der Waals surface area contributed by atoms with E-state index in [-0.39, 0.29) is 23.1 Å². The zero-order valence-corrected chi connectivity index (χ0v) is 33.8. The average Bonchev–Trinajstić information content (AvgIpc) is 3.22. The molecule has 0 atom stereocenters. The molecular weight excluding hydrogens is 697 g/mol. The number of unbranched alkanes of at least 4 members (excludes halogenated alkanes) is 14. The normalized spacial score (nSPS) is 11.0. The lowest BCUT2D eigenvalue weighted by atomic mass is 10.1. The quantitative estimate of drug-likeness (QED) is 0.0376. The largest absolute Gasteiger partial charge is 0.508 e. The molecule has 4 aromatic carbocycles. The van der Waals surface area contributed by atoms with Crippen molar-refractivity contribution in [2.24, 2.45) is 0 Å². The van der Waals surface area contributed by atoms with Crippen molar-refractivity contribution in [3.8, 4) is 23.0 Å². The van der Waals surface area contributed by atoms with Crippen LogP contribution in [0.25, 0.3) is 12.2 Å². The molecule has 0 bridgehead atoms. The van der Waals surface area contributed by atoms with Crippen LogP contribution in [-0.4, -0.2) is 35.0 Å². The van der Waals surface area contributed by atoms with Gasteiger partial charge in [-0.3, -0.25) is 9.59 Å². The van der Waals surface area contributed by atoms with Gasteiger partial charge in [-0.15, -0.1) is 0 Å². The van der Waals surface area contributed by atoms with Crippen LogP contribution in [0.1, 0.15) is 148 Å². The summed E-state index contributed by atoms with van der Waals surface area (Å²) in [5.74, 6) is 1.94. The number of phenolic OH excluding ortho intramolecular Hbond substituents is 2. The molecule has 0 aromatic heterocycles. The standard InChI is InChI=1S/2C25H32O3/c2*1-2-3-4-5-6-7-8-9-20-28-24-17-13-22(14-18-24)25(27)19-12-21-10-15-23(26)16-11-21/h2*10-19,26H,2-9,20H2,1H3/b2*19-12+. The zero-order chi connectivity index (χ0) is 40.1. The summed E-state index contributed by atoms with van der Waals surface area (Å²) in [5.41, 5.74) is 3.01. The first-order valence-electron chi connectivity index (χ1n) is 20.9. The first-order chi connectivity index (χ1) is 27.4. The van der Waals surface area contributed by atoms with Crippen LogP contribution in [0.15, 0.2) is 109 Å². The smallest absolute Gasteiger partial charge is 0.185 e. The summed E-state index contributed by atoms with van der Waals surface area (Å²) in [4.78, 5) is 24.5. The first kappa shape index (κ1) is 45.3. The number of allylic oxidation sites excluding steroid dienone is 2. The van der Waals surface area contributed by atoms with E-state index >= 15 is 0 Å². The maximum atomic E-state index is 12.2. The van der Waals surface area contributed by atoms with Gasteiger partial charge >= 0.3 is 0 Å². The lowest BCUT2D eigenvalue weighted by Crippen LogP contribution is -1.99. The molecule has 0 unspecified atom stereocenters. The van der Waals surface area contributed by atoms with Crippen LogP contribution in [0.4, 0.5) is 0 Å². The molecule has 0 saturated carbocycles. The molecule has 300 valence electrons. The van der Waals surface area contributed by atoms with Crippen LogP contribution in [0.5, 0.6) is 23.0 Å². The monoisotopic (exact) mass is 760 g/mol. The van der Waals surface area contributed by atoms with Crippen LogP contribution in [0.2, 0.25) is 0 Å². The summed E-state index contributed by atoms with van der Waals surface area (Å²) < 4.78 is 11.5. The number of hydrogen-bond donors (Lipinski definition) is 2. The molecule has 0 heterocycles. The number of aromatic hydroxyl groups is 2. The van der Waals surface area contributed by atoms with E-state index in [1.807, 2.05) is 24.3 Å². The number of rotatable bonds is 26. The maximum absolute atomic E-state index is 12.2. The molecule has 4 rings (SSSR count). The summed E-state index contributed by atoms with van der Waals surface area (Å²) >= 11 is 0. The summed E-state index contributed by atoms with van der Waals surface area (Å²) in [7, 11) is 0. The number of carbonyl (C=O) groups excluding carboxylic acids is 2. The van der Waals surface area contributed by atoms with Crippen molar-refractivity contribution >= 4 is 23.7 Å².